The minimum Gasteiger partial charge on any atom is -0.456 e. The van der Waals surface area contributed by atoms with E-state index < -0.39 is 21.7 Å². The molecule has 33 heavy (non-hydrogen) atoms. The Morgan fingerprint density at radius 2 is 1.67 bits per heavy atom. The molecule has 176 valence electrons. The third-order valence-electron chi connectivity index (χ3n) is 5.14. The van der Waals surface area contributed by atoms with E-state index in [0.717, 1.165) is 11.1 Å². The number of amides is 1. The third-order valence-corrected chi connectivity index (χ3v) is 7.06. The molecule has 0 aromatic heterocycles. The van der Waals surface area contributed by atoms with Gasteiger partial charge in [0.1, 0.15) is 22.0 Å². The average Bonchev–Trinajstić information content (AvgIpc) is 2.75. The summed E-state index contributed by atoms with van der Waals surface area (Å²) >= 11 is 0. The maximum Gasteiger partial charge on any atom is 0.410 e. The van der Waals surface area contributed by atoms with Gasteiger partial charge in [-0.2, -0.15) is 9.57 Å². The molecule has 2 aromatic carbocycles. The van der Waals surface area contributed by atoms with E-state index in [1.54, 1.807) is 20.8 Å². The summed E-state index contributed by atoms with van der Waals surface area (Å²) in [6.07, 6.45) is -0.468. The zero-order valence-corrected chi connectivity index (χ0v) is 20.4. The largest absolute Gasteiger partial charge is 0.456 e. The number of aryl methyl sites for hydroxylation is 2. The fraction of sp³-hybridized carbons (Fsp3) is 0.417. The molecule has 1 aliphatic heterocycles. The molecule has 0 unspecified atom stereocenters. The van der Waals surface area contributed by atoms with Crippen molar-refractivity contribution in [3.05, 3.63) is 53.1 Å². The first-order valence-electron chi connectivity index (χ1n) is 10.7. The van der Waals surface area contributed by atoms with Crippen LogP contribution in [0.25, 0.3) is 0 Å². The van der Waals surface area contributed by atoms with Crippen LogP contribution < -0.4 is 4.74 Å². The molecular formula is C24H29N3O5S. The number of carbonyl (C=O) groups is 1. The van der Waals surface area contributed by atoms with Crippen LogP contribution in [0, 0.1) is 25.2 Å². The van der Waals surface area contributed by atoms with Crippen LogP contribution in [0.4, 0.5) is 4.79 Å². The van der Waals surface area contributed by atoms with Crippen molar-refractivity contribution in [1.82, 2.24) is 9.21 Å². The lowest BCUT2D eigenvalue weighted by atomic mass is 10.1. The summed E-state index contributed by atoms with van der Waals surface area (Å²) in [5, 5.41) is 9.33. The normalized spacial score (nSPS) is 15.1. The number of piperazine rings is 1. The maximum atomic E-state index is 13.5. The molecular weight excluding hydrogens is 442 g/mol. The van der Waals surface area contributed by atoms with Crippen LogP contribution in [0.5, 0.6) is 11.5 Å². The second-order valence-corrected chi connectivity index (χ2v) is 10.9. The summed E-state index contributed by atoms with van der Waals surface area (Å²) in [7, 11) is -3.97. The van der Waals surface area contributed by atoms with Crippen LogP contribution in [0.2, 0.25) is 0 Å². The monoisotopic (exact) mass is 471 g/mol. The fourth-order valence-electron chi connectivity index (χ4n) is 3.38. The fourth-order valence-corrected chi connectivity index (χ4v) is 4.94. The summed E-state index contributed by atoms with van der Waals surface area (Å²) in [5.74, 6) is 0.697. The number of nitriles is 1. The van der Waals surface area contributed by atoms with E-state index in [9.17, 15) is 18.5 Å². The Balaban J connectivity index is 1.86. The predicted molar refractivity (Wildman–Crippen MR) is 124 cm³/mol. The van der Waals surface area contributed by atoms with E-state index >= 15 is 0 Å². The first kappa shape index (κ1) is 24.6. The van der Waals surface area contributed by atoms with E-state index in [1.807, 2.05) is 38.1 Å². The molecule has 1 amide bonds. The van der Waals surface area contributed by atoms with Crippen molar-refractivity contribution in [1.29, 1.82) is 5.26 Å². The Morgan fingerprint density at radius 1 is 1.00 bits per heavy atom. The molecule has 1 heterocycles. The van der Waals surface area contributed by atoms with E-state index in [-0.39, 0.29) is 42.4 Å². The molecule has 8 nitrogen and oxygen atoms in total. The van der Waals surface area contributed by atoms with Gasteiger partial charge in [0, 0.05) is 26.2 Å². The minimum atomic E-state index is -3.97. The number of ether oxygens (including phenoxy) is 2. The number of rotatable bonds is 4. The van der Waals surface area contributed by atoms with Gasteiger partial charge < -0.3 is 14.4 Å². The van der Waals surface area contributed by atoms with E-state index in [1.165, 1.54) is 27.4 Å². The highest BCUT2D eigenvalue weighted by Crippen LogP contribution is 2.34. The van der Waals surface area contributed by atoms with Gasteiger partial charge >= 0.3 is 6.09 Å². The van der Waals surface area contributed by atoms with Crippen molar-refractivity contribution in [3.8, 4) is 17.6 Å². The van der Waals surface area contributed by atoms with Crippen LogP contribution in [0.1, 0.15) is 37.5 Å². The van der Waals surface area contributed by atoms with Crippen LogP contribution >= 0.6 is 0 Å². The molecule has 1 saturated heterocycles. The standard InChI is InChI=1S/C24H29N3O5S/c1-17-6-7-18(2)21(14-17)31-20-9-8-19(16-25)15-22(20)33(29,30)27-12-10-26(11-13-27)23(28)32-24(3,4)5/h6-9,14-15H,10-13H2,1-5H3. The smallest absolute Gasteiger partial charge is 0.410 e. The lowest BCUT2D eigenvalue weighted by Crippen LogP contribution is -2.51. The van der Waals surface area contributed by atoms with Crippen molar-refractivity contribution in [2.75, 3.05) is 26.2 Å². The summed E-state index contributed by atoms with van der Waals surface area (Å²) in [6.45, 7) is 9.79. The molecule has 3 rings (SSSR count). The predicted octanol–water partition coefficient (Wildman–Crippen LogP) is 4.21. The van der Waals surface area contributed by atoms with Crippen molar-refractivity contribution in [3.63, 3.8) is 0 Å². The first-order chi connectivity index (χ1) is 15.4. The van der Waals surface area contributed by atoms with Crippen molar-refractivity contribution in [2.45, 2.75) is 45.1 Å². The van der Waals surface area contributed by atoms with E-state index in [2.05, 4.69) is 0 Å². The van der Waals surface area contributed by atoms with Gasteiger partial charge in [0.25, 0.3) is 0 Å². The second-order valence-electron chi connectivity index (χ2n) is 9.02. The lowest BCUT2D eigenvalue weighted by molar-refractivity contribution is 0.0192. The summed E-state index contributed by atoms with van der Waals surface area (Å²) < 4.78 is 39.8. The lowest BCUT2D eigenvalue weighted by Gasteiger charge is -2.35. The van der Waals surface area contributed by atoms with Crippen molar-refractivity contribution >= 4 is 16.1 Å². The van der Waals surface area contributed by atoms with E-state index in [0.29, 0.717) is 5.75 Å². The number of hydrogen-bond acceptors (Lipinski definition) is 6. The molecule has 9 heteroatoms. The second kappa shape index (κ2) is 9.41. The van der Waals surface area contributed by atoms with Crippen molar-refractivity contribution in [2.24, 2.45) is 0 Å². The number of carbonyl (C=O) groups excluding carboxylic acids is 1. The molecule has 0 aliphatic carbocycles. The maximum absolute atomic E-state index is 13.5. The quantitative estimate of drug-likeness (QED) is 0.662. The molecule has 0 bridgehead atoms. The van der Waals surface area contributed by atoms with Crippen molar-refractivity contribution < 1.29 is 22.7 Å². The van der Waals surface area contributed by atoms with Gasteiger partial charge in [0.05, 0.1) is 11.6 Å². The van der Waals surface area contributed by atoms with Gasteiger partial charge in [0.15, 0.2) is 0 Å². The molecule has 0 radical (unpaired) electrons. The molecule has 1 fully saturated rings. The highest BCUT2D eigenvalue weighted by molar-refractivity contribution is 7.89. The van der Waals surface area contributed by atoms with Crippen LogP contribution in [0.3, 0.4) is 0 Å². The van der Waals surface area contributed by atoms with Gasteiger partial charge in [-0.05, 0) is 70.0 Å². The zero-order valence-electron chi connectivity index (χ0n) is 19.6. The topological polar surface area (TPSA) is 99.9 Å². The molecule has 0 atom stereocenters. The molecule has 1 aliphatic rings. The van der Waals surface area contributed by atoms with E-state index in [4.69, 9.17) is 9.47 Å². The summed E-state index contributed by atoms with van der Waals surface area (Å²) in [6, 6.07) is 12.0. The number of hydrogen-bond donors (Lipinski definition) is 0. The van der Waals surface area contributed by atoms with Crippen LogP contribution in [-0.2, 0) is 14.8 Å². The summed E-state index contributed by atoms with van der Waals surface area (Å²) in [4.78, 5) is 13.7. The Morgan fingerprint density at radius 3 is 2.27 bits per heavy atom. The first-order valence-corrected chi connectivity index (χ1v) is 12.1. The summed E-state index contributed by atoms with van der Waals surface area (Å²) in [5.41, 5.74) is 1.43. The number of nitrogens with zero attached hydrogens (tertiary/aromatic N) is 3. The number of sulfonamides is 1. The molecule has 0 saturated carbocycles. The number of benzene rings is 2. The Hall–Kier alpha value is -3.09. The van der Waals surface area contributed by atoms with Crippen LogP contribution in [-0.4, -0.2) is 55.5 Å². The van der Waals surface area contributed by atoms with Gasteiger partial charge in [-0.25, -0.2) is 13.2 Å². The Kier molecular flexibility index (Phi) is 7.00. The Labute approximate surface area is 195 Å². The SMILES string of the molecule is Cc1ccc(C)c(Oc2ccc(C#N)cc2S(=O)(=O)N2CCN(C(=O)OC(C)(C)C)CC2)c1. The van der Waals surface area contributed by atoms with Gasteiger partial charge in [-0.15, -0.1) is 0 Å². The van der Waals surface area contributed by atoms with Crippen LogP contribution in [0.15, 0.2) is 41.3 Å². The third kappa shape index (κ3) is 5.83. The van der Waals surface area contributed by atoms with Gasteiger partial charge in [0.2, 0.25) is 10.0 Å². The minimum absolute atomic E-state index is 0.0758. The highest BCUT2D eigenvalue weighted by atomic mass is 32.2. The average molecular weight is 472 g/mol. The molecule has 0 N–H and O–H groups in total. The zero-order chi connectivity index (χ0) is 24.4. The molecule has 2 aromatic rings. The highest BCUT2D eigenvalue weighted by Gasteiger charge is 2.34. The Bertz CT molecular complexity index is 1190. The molecule has 0 spiro atoms. The van der Waals surface area contributed by atoms with Gasteiger partial charge in [-0.1, -0.05) is 12.1 Å². The van der Waals surface area contributed by atoms with Gasteiger partial charge in [-0.3, -0.25) is 0 Å².